The van der Waals surface area contributed by atoms with E-state index in [9.17, 15) is 9.18 Å². The van der Waals surface area contributed by atoms with Crippen molar-refractivity contribution >= 4 is 27.5 Å². The number of amides is 1. The minimum absolute atomic E-state index is 0.245. The molecule has 0 saturated carbocycles. The van der Waals surface area contributed by atoms with Crippen LogP contribution in [-0.2, 0) is 10.2 Å². The third-order valence-electron chi connectivity index (χ3n) is 3.22. The first kappa shape index (κ1) is 14.7. The molecular formula is C16H15BrFNO. The van der Waals surface area contributed by atoms with E-state index in [4.69, 9.17) is 0 Å². The number of hydrogen-bond acceptors (Lipinski definition) is 1. The van der Waals surface area contributed by atoms with Gasteiger partial charge in [0, 0.05) is 15.7 Å². The summed E-state index contributed by atoms with van der Waals surface area (Å²) in [7, 11) is 0. The first-order valence-electron chi connectivity index (χ1n) is 6.23. The van der Waals surface area contributed by atoms with Crippen LogP contribution < -0.4 is 5.32 Å². The predicted octanol–water partition coefficient (Wildman–Crippen LogP) is 4.50. The lowest BCUT2D eigenvalue weighted by molar-refractivity contribution is -0.120. The summed E-state index contributed by atoms with van der Waals surface area (Å²) in [6.07, 6.45) is 0. The molecular weight excluding hydrogens is 321 g/mol. The largest absolute Gasteiger partial charge is 0.325 e. The smallest absolute Gasteiger partial charge is 0.234 e. The molecule has 1 amide bonds. The monoisotopic (exact) mass is 335 g/mol. The van der Waals surface area contributed by atoms with Crippen LogP contribution in [-0.4, -0.2) is 5.91 Å². The summed E-state index contributed by atoms with van der Waals surface area (Å²) in [6.45, 7) is 3.42. The van der Waals surface area contributed by atoms with Crippen molar-refractivity contribution in [2.24, 2.45) is 0 Å². The first-order chi connectivity index (χ1) is 9.41. The first-order valence-corrected chi connectivity index (χ1v) is 7.02. The van der Waals surface area contributed by atoms with Crippen LogP contribution in [0.15, 0.2) is 53.0 Å². The molecule has 104 valence electrons. The van der Waals surface area contributed by atoms with Crippen molar-refractivity contribution in [1.82, 2.24) is 0 Å². The number of hydrogen-bond donors (Lipinski definition) is 1. The van der Waals surface area contributed by atoms with Gasteiger partial charge in [0.2, 0.25) is 5.91 Å². The number of halogens is 2. The summed E-state index contributed by atoms with van der Waals surface area (Å²) >= 11 is 3.34. The Morgan fingerprint density at radius 2 is 1.70 bits per heavy atom. The molecule has 2 aromatic rings. The molecule has 0 bridgehead atoms. The summed E-state index contributed by atoms with van der Waals surface area (Å²) in [5.41, 5.74) is 0.121. The molecule has 0 unspecified atom stereocenters. The number of carbonyl (C=O) groups excluding carboxylic acids is 1. The van der Waals surface area contributed by atoms with E-state index >= 15 is 0 Å². The second-order valence-corrected chi connectivity index (χ2v) is 5.98. The highest BCUT2D eigenvalue weighted by Gasteiger charge is 2.32. The Morgan fingerprint density at radius 1 is 1.10 bits per heavy atom. The molecule has 0 atom stereocenters. The lowest BCUT2D eigenvalue weighted by atomic mass is 9.83. The fourth-order valence-electron chi connectivity index (χ4n) is 1.91. The lowest BCUT2D eigenvalue weighted by Gasteiger charge is -2.24. The van der Waals surface area contributed by atoms with Gasteiger partial charge >= 0.3 is 0 Å². The number of nitrogens with one attached hydrogen (secondary N) is 1. The molecule has 0 radical (unpaired) electrons. The van der Waals surface area contributed by atoms with Crippen LogP contribution in [0.5, 0.6) is 0 Å². The van der Waals surface area contributed by atoms with E-state index in [-0.39, 0.29) is 11.7 Å². The van der Waals surface area contributed by atoms with Gasteiger partial charge in [0.1, 0.15) is 5.82 Å². The zero-order valence-electron chi connectivity index (χ0n) is 11.3. The van der Waals surface area contributed by atoms with Crippen LogP contribution >= 0.6 is 15.9 Å². The average molecular weight is 336 g/mol. The molecule has 20 heavy (non-hydrogen) atoms. The SMILES string of the molecule is CC(C)(C(=O)Nc1ccc(Br)cc1)c1ccccc1F. The molecule has 0 fully saturated rings. The molecule has 0 aliphatic heterocycles. The van der Waals surface area contributed by atoms with Crippen LogP contribution in [0.2, 0.25) is 0 Å². The van der Waals surface area contributed by atoms with E-state index in [2.05, 4.69) is 21.2 Å². The normalized spacial score (nSPS) is 11.2. The minimum atomic E-state index is -0.946. The van der Waals surface area contributed by atoms with Gasteiger partial charge in [-0.05, 0) is 44.2 Å². The zero-order chi connectivity index (χ0) is 14.8. The molecule has 2 rings (SSSR count). The minimum Gasteiger partial charge on any atom is -0.325 e. The van der Waals surface area contributed by atoms with E-state index in [1.54, 1.807) is 44.2 Å². The van der Waals surface area contributed by atoms with Crippen LogP contribution in [0, 0.1) is 5.82 Å². The Bertz CT molecular complexity index is 623. The Kier molecular flexibility index (Phi) is 4.23. The molecule has 1 N–H and O–H groups in total. The zero-order valence-corrected chi connectivity index (χ0v) is 12.9. The van der Waals surface area contributed by atoms with Crippen molar-refractivity contribution in [2.45, 2.75) is 19.3 Å². The number of rotatable bonds is 3. The highest BCUT2D eigenvalue weighted by molar-refractivity contribution is 9.10. The lowest BCUT2D eigenvalue weighted by Crippen LogP contribution is -2.35. The summed E-state index contributed by atoms with van der Waals surface area (Å²) in [5, 5.41) is 2.81. The fraction of sp³-hybridized carbons (Fsp3) is 0.188. The van der Waals surface area contributed by atoms with Crippen molar-refractivity contribution < 1.29 is 9.18 Å². The predicted molar refractivity (Wildman–Crippen MR) is 82.2 cm³/mol. The standard InChI is InChI=1S/C16H15BrFNO/c1-16(2,13-5-3-4-6-14(13)18)15(20)19-12-9-7-11(17)8-10-12/h3-10H,1-2H3,(H,19,20). The van der Waals surface area contributed by atoms with Gasteiger partial charge in [-0.15, -0.1) is 0 Å². The van der Waals surface area contributed by atoms with Crippen LogP contribution in [0.3, 0.4) is 0 Å². The second kappa shape index (κ2) is 5.75. The van der Waals surface area contributed by atoms with Crippen molar-refractivity contribution in [3.05, 3.63) is 64.4 Å². The second-order valence-electron chi connectivity index (χ2n) is 5.07. The average Bonchev–Trinajstić information content (AvgIpc) is 2.41. The molecule has 0 saturated heterocycles. The maximum absolute atomic E-state index is 13.9. The topological polar surface area (TPSA) is 29.1 Å². The molecule has 2 nitrogen and oxygen atoms in total. The van der Waals surface area contributed by atoms with Crippen LogP contribution in [0.25, 0.3) is 0 Å². The molecule has 0 heterocycles. The number of benzene rings is 2. The molecule has 2 aromatic carbocycles. The molecule has 0 aliphatic carbocycles. The summed E-state index contributed by atoms with van der Waals surface area (Å²) < 4.78 is 14.8. The summed E-state index contributed by atoms with van der Waals surface area (Å²) in [4.78, 5) is 12.4. The fourth-order valence-corrected chi connectivity index (χ4v) is 2.18. The van der Waals surface area contributed by atoms with E-state index in [1.807, 2.05) is 12.1 Å². The Labute approximate surface area is 126 Å². The van der Waals surface area contributed by atoms with Gasteiger partial charge in [-0.3, -0.25) is 4.79 Å². The molecule has 0 aliphatic rings. The summed E-state index contributed by atoms with van der Waals surface area (Å²) in [5.74, 6) is -0.617. The van der Waals surface area contributed by atoms with Gasteiger partial charge in [-0.2, -0.15) is 0 Å². The van der Waals surface area contributed by atoms with Gasteiger partial charge in [-0.1, -0.05) is 34.1 Å². The van der Waals surface area contributed by atoms with E-state index in [1.165, 1.54) is 6.07 Å². The van der Waals surface area contributed by atoms with Crippen LogP contribution in [0.4, 0.5) is 10.1 Å². The highest BCUT2D eigenvalue weighted by Crippen LogP contribution is 2.27. The van der Waals surface area contributed by atoms with Crippen molar-refractivity contribution in [1.29, 1.82) is 0 Å². The number of carbonyl (C=O) groups is 1. The van der Waals surface area contributed by atoms with Gasteiger partial charge in [-0.25, -0.2) is 4.39 Å². The Hall–Kier alpha value is -1.68. The van der Waals surface area contributed by atoms with Crippen molar-refractivity contribution in [3.8, 4) is 0 Å². The summed E-state index contributed by atoms with van der Waals surface area (Å²) in [6, 6.07) is 13.6. The third-order valence-corrected chi connectivity index (χ3v) is 3.75. The van der Waals surface area contributed by atoms with E-state index in [0.29, 0.717) is 11.3 Å². The van der Waals surface area contributed by atoms with Gasteiger partial charge in [0.05, 0.1) is 5.41 Å². The van der Waals surface area contributed by atoms with Gasteiger partial charge in [0.25, 0.3) is 0 Å². The van der Waals surface area contributed by atoms with Gasteiger partial charge in [0.15, 0.2) is 0 Å². The Morgan fingerprint density at radius 3 is 2.30 bits per heavy atom. The maximum Gasteiger partial charge on any atom is 0.234 e. The highest BCUT2D eigenvalue weighted by atomic mass is 79.9. The van der Waals surface area contributed by atoms with Crippen molar-refractivity contribution in [2.75, 3.05) is 5.32 Å². The molecule has 0 spiro atoms. The van der Waals surface area contributed by atoms with Crippen LogP contribution in [0.1, 0.15) is 19.4 Å². The third kappa shape index (κ3) is 3.07. The quantitative estimate of drug-likeness (QED) is 0.878. The number of anilines is 1. The van der Waals surface area contributed by atoms with E-state index in [0.717, 1.165) is 4.47 Å². The maximum atomic E-state index is 13.9. The molecule has 4 heteroatoms. The Balaban J connectivity index is 2.23. The molecule has 0 aromatic heterocycles. The van der Waals surface area contributed by atoms with Crippen molar-refractivity contribution in [3.63, 3.8) is 0 Å². The van der Waals surface area contributed by atoms with E-state index < -0.39 is 5.41 Å². The van der Waals surface area contributed by atoms with Gasteiger partial charge < -0.3 is 5.32 Å².